The second kappa shape index (κ2) is 4.87. The fraction of sp³-hybridized carbons (Fsp3) is 0.857. The predicted octanol–water partition coefficient (Wildman–Crippen LogP) is 2.12. The lowest BCUT2D eigenvalue weighted by molar-refractivity contribution is 0.0996. The van der Waals surface area contributed by atoms with Gasteiger partial charge in [0.25, 0.3) is 0 Å². The van der Waals surface area contributed by atoms with Crippen LogP contribution in [0.15, 0.2) is 4.52 Å². The van der Waals surface area contributed by atoms with Crippen LogP contribution in [-0.2, 0) is 10.2 Å². The number of nitrogens with two attached hydrogens (primary N) is 1. The molecular weight excluding hydrogens is 242 g/mol. The van der Waals surface area contributed by atoms with Gasteiger partial charge in [0.2, 0.25) is 5.89 Å². The Bertz CT molecular complexity index is 433. The lowest BCUT2D eigenvalue weighted by Crippen LogP contribution is -2.34. The molecule has 19 heavy (non-hydrogen) atoms. The molecule has 1 aromatic rings. The third kappa shape index (κ3) is 1.99. The maximum atomic E-state index is 5.93. The van der Waals surface area contributed by atoms with E-state index in [4.69, 9.17) is 15.0 Å². The first kappa shape index (κ1) is 13.1. The number of ether oxygens (including phenoxy) is 1. The molecule has 0 spiro atoms. The molecule has 0 aromatic carbocycles. The minimum atomic E-state index is -0.163. The molecule has 0 aliphatic carbocycles. The van der Waals surface area contributed by atoms with Gasteiger partial charge in [-0.25, -0.2) is 0 Å². The number of aromatic nitrogens is 2. The van der Waals surface area contributed by atoms with Crippen LogP contribution < -0.4 is 5.73 Å². The molecule has 2 aliphatic rings. The second-order valence-electron chi connectivity index (χ2n) is 5.87. The van der Waals surface area contributed by atoms with Crippen LogP contribution in [0.1, 0.15) is 63.6 Å². The van der Waals surface area contributed by atoms with E-state index in [0.29, 0.717) is 30.6 Å². The molecule has 106 valence electrons. The number of nitrogens with zero attached hydrogens (tertiary/aromatic N) is 2. The summed E-state index contributed by atoms with van der Waals surface area (Å²) < 4.78 is 11.4. The lowest BCUT2D eigenvalue weighted by atomic mass is 9.82. The maximum Gasteiger partial charge on any atom is 0.234 e. The number of rotatable bonds is 5. The van der Waals surface area contributed by atoms with Gasteiger partial charge in [0.1, 0.15) is 0 Å². The first-order chi connectivity index (χ1) is 9.22. The summed E-state index contributed by atoms with van der Waals surface area (Å²) in [6, 6.07) is 0. The summed E-state index contributed by atoms with van der Waals surface area (Å²) in [6.45, 7) is 4.80. The van der Waals surface area contributed by atoms with E-state index in [9.17, 15) is 0 Å². The molecule has 2 saturated heterocycles. The van der Waals surface area contributed by atoms with Crippen LogP contribution in [0.2, 0.25) is 0 Å². The van der Waals surface area contributed by atoms with Gasteiger partial charge in [0.15, 0.2) is 5.82 Å². The van der Waals surface area contributed by atoms with Crippen molar-refractivity contribution >= 4 is 0 Å². The Morgan fingerprint density at radius 3 is 2.63 bits per heavy atom. The van der Waals surface area contributed by atoms with Crippen LogP contribution in [0.25, 0.3) is 0 Å². The van der Waals surface area contributed by atoms with Crippen LogP contribution in [0.5, 0.6) is 0 Å². The number of hydrogen-bond acceptors (Lipinski definition) is 5. The number of fused-ring (bicyclic) bond motifs is 2. The van der Waals surface area contributed by atoms with Crippen molar-refractivity contribution in [2.75, 3.05) is 6.54 Å². The Morgan fingerprint density at radius 2 is 2.11 bits per heavy atom. The lowest BCUT2D eigenvalue weighted by Gasteiger charge is -2.25. The third-order valence-corrected chi connectivity index (χ3v) is 5.08. The highest BCUT2D eigenvalue weighted by atomic mass is 16.5. The van der Waals surface area contributed by atoms with Crippen molar-refractivity contribution in [3.8, 4) is 0 Å². The van der Waals surface area contributed by atoms with Crippen molar-refractivity contribution in [3.05, 3.63) is 11.7 Å². The zero-order chi connectivity index (χ0) is 13.5. The molecule has 2 bridgehead atoms. The van der Waals surface area contributed by atoms with Gasteiger partial charge < -0.3 is 15.0 Å². The standard InChI is InChI=1S/C14H23N3O2/c1-3-14(4-2,8-15)13-16-12(17-19-13)10-7-9-5-6-11(10)18-9/h9-11H,3-8,15H2,1-2H3. The molecule has 2 N–H and O–H groups in total. The minimum absolute atomic E-state index is 0.163. The zero-order valence-electron chi connectivity index (χ0n) is 11.8. The first-order valence-corrected chi connectivity index (χ1v) is 7.42. The Hall–Kier alpha value is -0.940. The van der Waals surface area contributed by atoms with E-state index < -0.39 is 0 Å². The van der Waals surface area contributed by atoms with E-state index >= 15 is 0 Å². The molecule has 5 nitrogen and oxygen atoms in total. The third-order valence-electron chi connectivity index (χ3n) is 5.08. The Balaban J connectivity index is 1.83. The van der Waals surface area contributed by atoms with E-state index in [1.807, 2.05) is 0 Å². The molecule has 3 unspecified atom stereocenters. The molecule has 0 radical (unpaired) electrons. The average Bonchev–Trinajstić information content (AvgIpc) is 3.17. The van der Waals surface area contributed by atoms with E-state index in [2.05, 4.69) is 24.0 Å². The van der Waals surface area contributed by atoms with Crippen molar-refractivity contribution in [2.24, 2.45) is 5.73 Å². The molecule has 2 fully saturated rings. The quantitative estimate of drug-likeness (QED) is 0.882. The Morgan fingerprint density at radius 1 is 1.32 bits per heavy atom. The Labute approximate surface area is 113 Å². The molecule has 3 atom stereocenters. The summed E-state index contributed by atoms with van der Waals surface area (Å²) in [5.41, 5.74) is 5.77. The van der Waals surface area contributed by atoms with Crippen LogP contribution in [-0.4, -0.2) is 28.9 Å². The fourth-order valence-corrected chi connectivity index (χ4v) is 3.44. The van der Waals surface area contributed by atoms with E-state index in [-0.39, 0.29) is 5.41 Å². The van der Waals surface area contributed by atoms with Crippen LogP contribution in [0.3, 0.4) is 0 Å². The smallest absolute Gasteiger partial charge is 0.234 e. The largest absolute Gasteiger partial charge is 0.374 e. The molecule has 1 aromatic heterocycles. The highest BCUT2D eigenvalue weighted by Gasteiger charge is 2.44. The molecule has 0 saturated carbocycles. The van der Waals surface area contributed by atoms with Crippen molar-refractivity contribution < 1.29 is 9.26 Å². The van der Waals surface area contributed by atoms with E-state index in [1.54, 1.807) is 0 Å². The molecular formula is C14H23N3O2. The summed E-state index contributed by atoms with van der Waals surface area (Å²) in [5.74, 6) is 1.85. The molecule has 3 rings (SSSR count). The summed E-state index contributed by atoms with van der Waals surface area (Å²) in [7, 11) is 0. The fourth-order valence-electron chi connectivity index (χ4n) is 3.44. The van der Waals surface area contributed by atoms with Gasteiger partial charge in [0.05, 0.1) is 23.5 Å². The second-order valence-corrected chi connectivity index (χ2v) is 5.87. The topological polar surface area (TPSA) is 74.2 Å². The zero-order valence-corrected chi connectivity index (χ0v) is 11.8. The maximum absolute atomic E-state index is 5.93. The predicted molar refractivity (Wildman–Crippen MR) is 70.9 cm³/mol. The van der Waals surface area contributed by atoms with Gasteiger partial charge in [0, 0.05) is 6.54 Å². The van der Waals surface area contributed by atoms with Crippen molar-refractivity contribution in [1.29, 1.82) is 0 Å². The Kier molecular flexibility index (Phi) is 3.35. The summed E-state index contributed by atoms with van der Waals surface area (Å²) in [6.07, 6.45) is 5.91. The van der Waals surface area contributed by atoms with Gasteiger partial charge in [-0.2, -0.15) is 4.98 Å². The SMILES string of the molecule is CCC(CC)(CN)c1nc(C2CC3CCC2O3)no1. The molecule has 5 heteroatoms. The van der Waals surface area contributed by atoms with Crippen LogP contribution in [0, 0.1) is 0 Å². The van der Waals surface area contributed by atoms with Crippen molar-refractivity contribution in [1.82, 2.24) is 10.1 Å². The highest BCUT2D eigenvalue weighted by molar-refractivity contribution is 5.11. The van der Waals surface area contributed by atoms with E-state index in [1.165, 1.54) is 6.42 Å². The molecule has 2 aliphatic heterocycles. The van der Waals surface area contributed by atoms with Crippen LogP contribution >= 0.6 is 0 Å². The number of hydrogen-bond donors (Lipinski definition) is 1. The van der Waals surface area contributed by atoms with Crippen molar-refractivity contribution in [2.45, 2.75) is 69.5 Å². The van der Waals surface area contributed by atoms with Gasteiger partial charge >= 0.3 is 0 Å². The monoisotopic (exact) mass is 265 g/mol. The normalized spacial score (nSPS) is 30.2. The average molecular weight is 265 g/mol. The molecule has 3 heterocycles. The van der Waals surface area contributed by atoms with Gasteiger partial charge in [-0.3, -0.25) is 0 Å². The summed E-state index contributed by atoms with van der Waals surface area (Å²) in [4.78, 5) is 4.66. The van der Waals surface area contributed by atoms with Crippen LogP contribution in [0.4, 0.5) is 0 Å². The van der Waals surface area contributed by atoms with E-state index in [0.717, 1.165) is 31.5 Å². The summed E-state index contributed by atoms with van der Waals surface area (Å²) >= 11 is 0. The molecule has 0 amide bonds. The minimum Gasteiger partial charge on any atom is -0.374 e. The van der Waals surface area contributed by atoms with Crippen molar-refractivity contribution in [3.63, 3.8) is 0 Å². The van der Waals surface area contributed by atoms with Gasteiger partial charge in [-0.05, 0) is 32.1 Å². The first-order valence-electron chi connectivity index (χ1n) is 7.42. The highest BCUT2D eigenvalue weighted by Crippen LogP contribution is 2.44. The van der Waals surface area contributed by atoms with Gasteiger partial charge in [-0.15, -0.1) is 0 Å². The van der Waals surface area contributed by atoms with Gasteiger partial charge in [-0.1, -0.05) is 19.0 Å². The summed E-state index contributed by atoms with van der Waals surface area (Å²) in [5, 5.41) is 4.21.